The lowest BCUT2D eigenvalue weighted by molar-refractivity contribution is 0.504. The normalized spacial score (nSPS) is 9.73. The smallest absolute Gasteiger partial charge is 0.173 e. The van der Waals surface area contributed by atoms with Gasteiger partial charge in [-0.05, 0) is 33.6 Å². The van der Waals surface area contributed by atoms with Crippen molar-refractivity contribution in [1.29, 1.82) is 0 Å². The summed E-state index contributed by atoms with van der Waals surface area (Å²) in [5.41, 5.74) is 0.552. The van der Waals surface area contributed by atoms with E-state index < -0.39 is 11.6 Å². The third kappa shape index (κ3) is 1.66. The van der Waals surface area contributed by atoms with Gasteiger partial charge in [-0.3, -0.25) is 0 Å². The average molecular weight is 219 g/mol. The highest BCUT2D eigenvalue weighted by molar-refractivity contribution is 9.10. The molecular formula is C8H5BrF2. The van der Waals surface area contributed by atoms with E-state index in [4.69, 9.17) is 0 Å². The minimum Gasteiger partial charge on any atom is -0.204 e. The Labute approximate surface area is 71.7 Å². The molecule has 0 amide bonds. The highest BCUT2D eigenvalue weighted by Gasteiger charge is 2.06. The molecule has 11 heavy (non-hydrogen) atoms. The molecule has 0 unspecified atom stereocenters. The lowest BCUT2D eigenvalue weighted by Gasteiger charge is -1.97. The first-order chi connectivity index (χ1) is 5.15. The van der Waals surface area contributed by atoms with Gasteiger partial charge in [-0.25, -0.2) is 8.78 Å². The first-order valence-corrected chi connectivity index (χ1v) is 3.71. The molecule has 0 aliphatic rings. The van der Waals surface area contributed by atoms with Crippen LogP contribution in [0.3, 0.4) is 0 Å². The van der Waals surface area contributed by atoms with Gasteiger partial charge in [0.1, 0.15) is 0 Å². The van der Waals surface area contributed by atoms with E-state index in [1.807, 2.05) is 0 Å². The zero-order valence-corrected chi connectivity index (χ0v) is 7.16. The van der Waals surface area contributed by atoms with Crippen molar-refractivity contribution >= 4 is 22.0 Å². The van der Waals surface area contributed by atoms with Crippen LogP contribution in [0.25, 0.3) is 6.08 Å². The second-order valence-electron chi connectivity index (χ2n) is 2.00. The molecular weight excluding hydrogens is 214 g/mol. The van der Waals surface area contributed by atoms with E-state index in [-0.39, 0.29) is 4.47 Å². The molecule has 0 aliphatic carbocycles. The van der Waals surface area contributed by atoms with Crippen LogP contribution in [-0.2, 0) is 0 Å². The molecule has 3 heteroatoms. The molecule has 0 nitrogen and oxygen atoms in total. The van der Waals surface area contributed by atoms with Crippen molar-refractivity contribution in [2.45, 2.75) is 0 Å². The molecule has 0 heterocycles. The Morgan fingerprint density at radius 3 is 2.45 bits per heavy atom. The highest BCUT2D eigenvalue weighted by Crippen LogP contribution is 2.20. The second-order valence-corrected chi connectivity index (χ2v) is 2.86. The fraction of sp³-hybridized carbons (Fsp3) is 0. The molecule has 1 aromatic carbocycles. The molecule has 0 aliphatic heterocycles. The van der Waals surface area contributed by atoms with Gasteiger partial charge in [0.2, 0.25) is 0 Å². The summed E-state index contributed by atoms with van der Waals surface area (Å²) in [6.45, 7) is 3.43. The van der Waals surface area contributed by atoms with Crippen LogP contribution in [0, 0.1) is 11.6 Å². The lowest BCUT2D eigenvalue weighted by Crippen LogP contribution is -1.86. The summed E-state index contributed by atoms with van der Waals surface area (Å²) in [5, 5.41) is 0. The lowest BCUT2D eigenvalue weighted by atomic mass is 10.2. The van der Waals surface area contributed by atoms with Gasteiger partial charge in [0.05, 0.1) is 4.47 Å². The van der Waals surface area contributed by atoms with Gasteiger partial charge in [-0.15, -0.1) is 0 Å². The third-order valence-electron chi connectivity index (χ3n) is 1.24. The van der Waals surface area contributed by atoms with Gasteiger partial charge >= 0.3 is 0 Å². The number of halogens is 3. The number of hydrogen-bond acceptors (Lipinski definition) is 0. The van der Waals surface area contributed by atoms with Gasteiger partial charge in [-0.1, -0.05) is 12.7 Å². The minimum absolute atomic E-state index is 0.118. The quantitative estimate of drug-likeness (QED) is 0.635. The van der Waals surface area contributed by atoms with Gasteiger partial charge in [0.15, 0.2) is 11.6 Å². The predicted octanol–water partition coefficient (Wildman–Crippen LogP) is 3.37. The van der Waals surface area contributed by atoms with Crippen LogP contribution >= 0.6 is 15.9 Å². The van der Waals surface area contributed by atoms with Gasteiger partial charge in [-0.2, -0.15) is 0 Å². The maximum absolute atomic E-state index is 12.6. The zero-order chi connectivity index (χ0) is 8.43. The van der Waals surface area contributed by atoms with Gasteiger partial charge < -0.3 is 0 Å². The van der Waals surface area contributed by atoms with E-state index in [9.17, 15) is 8.78 Å². The van der Waals surface area contributed by atoms with Crippen LogP contribution in [-0.4, -0.2) is 0 Å². The molecule has 0 N–H and O–H groups in total. The average Bonchev–Trinajstić information content (AvgIpc) is 1.99. The van der Waals surface area contributed by atoms with Crippen LogP contribution in [0.15, 0.2) is 23.2 Å². The summed E-state index contributed by atoms with van der Waals surface area (Å²) in [6.07, 6.45) is 1.45. The summed E-state index contributed by atoms with van der Waals surface area (Å²) in [5.74, 6) is -1.73. The molecule has 0 spiro atoms. The Kier molecular flexibility index (Phi) is 2.39. The highest BCUT2D eigenvalue weighted by atomic mass is 79.9. The van der Waals surface area contributed by atoms with E-state index >= 15 is 0 Å². The molecule has 0 saturated carbocycles. The van der Waals surface area contributed by atoms with Crippen molar-refractivity contribution in [3.05, 3.63) is 40.4 Å². The molecule has 0 bridgehead atoms. The second kappa shape index (κ2) is 3.13. The Balaban J connectivity index is 3.31. The van der Waals surface area contributed by atoms with E-state index in [1.165, 1.54) is 12.1 Å². The van der Waals surface area contributed by atoms with Crippen LogP contribution in [0.4, 0.5) is 8.78 Å². The summed E-state index contributed by atoms with van der Waals surface area (Å²) in [7, 11) is 0. The molecule has 0 fully saturated rings. The fourth-order valence-corrected chi connectivity index (χ4v) is 1.15. The topological polar surface area (TPSA) is 0 Å². The van der Waals surface area contributed by atoms with Crippen LogP contribution in [0.2, 0.25) is 0 Å². The maximum Gasteiger partial charge on any atom is 0.173 e. The summed E-state index contributed by atoms with van der Waals surface area (Å²) < 4.78 is 25.3. The first-order valence-electron chi connectivity index (χ1n) is 2.92. The zero-order valence-electron chi connectivity index (χ0n) is 5.57. The molecule has 0 saturated heterocycles. The summed E-state index contributed by atoms with van der Waals surface area (Å²) >= 11 is 2.87. The summed E-state index contributed by atoms with van der Waals surface area (Å²) in [6, 6.07) is 2.55. The largest absolute Gasteiger partial charge is 0.204 e. The van der Waals surface area contributed by atoms with Crippen molar-refractivity contribution < 1.29 is 8.78 Å². The Morgan fingerprint density at radius 2 is 2.00 bits per heavy atom. The van der Waals surface area contributed by atoms with E-state index in [2.05, 4.69) is 22.5 Å². The van der Waals surface area contributed by atoms with E-state index in [0.717, 1.165) is 6.07 Å². The number of hydrogen-bond donors (Lipinski definition) is 0. The van der Waals surface area contributed by atoms with Gasteiger partial charge in [0, 0.05) is 0 Å². The molecule has 0 radical (unpaired) electrons. The van der Waals surface area contributed by atoms with Crippen molar-refractivity contribution in [3.8, 4) is 0 Å². The van der Waals surface area contributed by atoms with Crippen molar-refractivity contribution in [2.24, 2.45) is 0 Å². The monoisotopic (exact) mass is 218 g/mol. The molecule has 0 aromatic heterocycles. The predicted molar refractivity (Wildman–Crippen MR) is 44.1 cm³/mol. The van der Waals surface area contributed by atoms with Crippen molar-refractivity contribution in [1.82, 2.24) is 0 Å². The summed E-state index contributed by atoms with van der Waals surface area (Å²) in [4.78, 5) is 0. The maximum atomic E-state index is 12.6. The minimum atomic E-state index is -0.866. The molecule has 0 atom stereocenters. The standard InChI is InChI=1S/C8H5BrF2/c1-2-5-3-6(9)8(11)7(10)4-5/h2-4H,1H2. The van der Waals surface area contributed by atoms with Crippen LogP contribution in [0.1, 0.15) is 5.56 Å². The Morgan fingerprint density at radius 1 is 1.36 bits per heavy atom. The van der Waals surface area contributed by atoms with Crippen LogP contribution < -0.4 is 0 Å². The van der Waals surface area contributed by atoms with E-state index in [0.29, 0.717) is 5.56 Å². The van der Waals surface area contributed by atoms with Crippen molar-refractivity contribution in [3.63, 3.8) is 0 Å². The molecule has 1 aromatic rings. The number of rotatable bonds is 1. The van der Waals surface area contributed by atoms with E-state index in [1.54, 1.807) is 0 Å². The van der Waals surface area contributed by atoms with Gasteiger partial charge in [0.25, 0.3) is 0 Å². The van der Waals surface area contributed by atoms with Crippen molar-refractivity contribution in [2.75, 3.05) is 0 Å². The Hall–Kier alpha value is -0.700. The molecule has 58 valence electrons. The van der Waals surface area contributed by atoms with Crippen LogP contribution in [0.5, 0.6) is 0 Å². The molecule has 1 rings (SSSR count). The fourth-order valence-electron chi connectivity index (χ4n) is 0.693. The number of benzene rings is 1. The Bertz CT molecular complexity index is 271. The SMILES string of the molecule is C=Cc1cc(F)c(F)c(Br)c1. The third-order valence-corrected chi connectivity index (χ3v) is 1.82. The first kappa shape index (κ1) is 8.40.